The maximum absolute atomic E-state index is 11.2. The number of aromatic hydroxyl groups is 1. The molecule has 14 heavy (non-hydrogen) atoms. The van der Waals surface area contributed by atoms with Gasteiger partial charge in [-0.15, -0.1) is 0 Å². The molecule has 0 heterocycles. The first kappa shape index (κ1) is 10.7. The lowest BCUT2D eigenvalue weighted by Crippen LogP contribution is -1.96. The highest BCUT2D eigenvalue weighted by atomic mass is 35.5. The second-order valence-corrected chi connectivity index (χ2v) is 2.92. The van der Waals surface area contributed by atoms with E-state index in [9.17, 15) is 9.90 Å². The van der Waals surface area contributed by atoms with Crippen LogP contribution < -0.4 is 14.9 Å². The average molecular weight is 217 g/mol. The van der Waals surface area contributed by atoms with Gasteiger partial charge >= 0.3 is 0 Å². The molecule has 0 aliphatic rings. The predicted molar refractivity (Wildman–Crippen MR) is 52.5 cm³/mol. The van der Waals surface area contributed by atoms with Gasteiger partial charge in [-0.2, -0.15) is 0 Å². The van der Waals surface area contributed by atoms with Gasteiger partial charge < -0.3 is 14.6 Å². The van der Waals surface area contributed by atoms with Crippen molar-refractivity contribution in [2.75, 3.05) is 14.2 Å². The van der Waals surface area contributed by atoms with E-state index in [-0.39, 0.29) is 16.5 Å². The zero-order valence-corrected chi connectivity index (χ0v) is 8.46. The van der Waals surface area contributed by atoms with Crippen LogP contribution in [0.1, 0.15) is 0 Å². The molecule has 5 heteroatoms. The number of hydrogen-bond acceptors (Lipinski definition) is 4. The van der Waals surface area contributed by atoms with Gasteiger partial charge in [0.1, 0.15) is 0 Å². The van der Waals surface area contributed by atoms with E-state index in [2.05, 4.69) is 0 Å². The number of hydrogen-bond donors (Lipinski definition) is 1. The quantitative estimate of drug-likeness (QED) is 0.813. The monoisotopic (exact) mass is 216 g/mol. The van der Waals surface area contributed by atoms with Crippen LogP contribution in [0.25, 0.3) is 0 Å². The SMILES string of the molecule is COc1cc(Cl)cc(=O)c(O)c1OC. The second kappa shape index (κ2) is 4.19. The van der Waals surface area contributed by atoms with Crippen LogP contribution in [0.4, 0.5) is 0 Å². The standard InChI is InChI=1S/C9H9ClO4/c1-13-7-4-5(10)3-6(11)8(12)9(7)14-2/h3-4H,1-2H3,(H,11,12). The smallest absolute Gasteiger partial charge is 0.225 e. The minimum Gasteiger partial charge on any atom is -0.501 e. The molecule has 0 unspecified atom stereocenters. The van der Waals surface area contributed by atoms with E-state index < -0.39 is 11.2 Å². The molecule has 1 aromatic rings. The van der Waals surface area contributed by atoms with Crippen LogP contribution in [0.2, 0.25) is 5.02 Å². The van der Waals surface area contributed by atoms with E-state index in [1.807, 2.05) is 0 Å². The molecule has 0 saturated heterocycles. The van der Waals surface area contributed by atoms with Crippen LogP contribution in [-0.2, 0) is 0 Å². The van der Waals surface area contributed by atoms with E-state index >= 15 is 0 Å². The van der Waals surface area contributed by atoms with Crippen molar-refractivity contribution >= 4 is 11.6 Å². The normalized spacial score (nSPS) is 9.64. The Labute approximate surface area is 85.7 Å². The summed E-state index contributed by atoms with van der Waals surface area (Å²) in [6.45, 7) is 0. The first-order valence-electron chi connectivity index (χ1n) is 3.75. The van der Waals surface area contributed by atoms with Crippen LogP contribution in [0.3, 0.4) is 0 Å². The van der Waals surface area contributed by atoms with Crippen molar-refractivity contribution in [3.05, 3.63) is 27.4 Å². The lowest BCUT2D eigenvalue weighted by molar-refractivity contribution is 0.334. The van der Waals surface area contributed by atoms with E-state index in [0.29, 0.717) is 0 Å². The fraction of sp³-hybridized carbons (Fsp3) is 0.222. The molecule has 0 radical (unpaired) electrons. The molecule has 1 N–H and O–H groups in total. The van der Waals surface area contributed by atoms with Crippen LogP contribution in [0.15, 0.2) is 16.9 Å². The Hall–Kier alpha value is -1.42. The van der Waals surface area contributed by atoms with Crippen molar-refractivity contribution in [2.24, 2.45) is 0 Å². The topological polar surface area (TPSA) is 55.8 Å². The first-order valence-corrected chi connectivity index (χ1v) is 4.12. The van der Waals surface area contributed by atoms with Gasteiger partial charge in [0, 0.05) is 17.2 Å². The minimum atomic E-state index is -0.616. The number of ether oxygens (including phenoxy) is 2. The van der Waals surface area contributed by atoms with Gasteiger partial charge in [0.2, 0.25) is 16.9 Å². The molecular weight excluding hydrogens is 208 g/mol. The molecule has 1 aromatic carbocycles. The molecule has 0 saturated carbocycles. The minimum absolute atomic E-state index is 0.0237. The van der Waals surface area contributed by atoms with E-state index in [0.717, 1.165) is 6.07 Å². The highest BCUT2D eigenvalue weighted by molar-refractivity contribution is 6.30. The van der Waals surface area contributed by atoms with Crippen molar-refractivity contribution in [1.29, 1.82) is 0 Å². The zero-order valence-electron chi connectivity index (χ0n) is 7.70. The summed E-state index contributed by atoms with van der Waals surface area (Å²) < 4.78 is 9.73. The van der Waals surface area contributed by atoms with Crippen molar-refractivity contribution in [3.8, 4) is 17.2 Å². The molecular formula is C9H9ClO4. The molecule has 0 aromatic heterocycles. The molecule has 0 atom stereocenters. The Kier molecular flexibility index (Phi) is 3.19. The maximum Gasteiger partial charge on any atom is 0.225 e. The van der Waals surface area contributed by atoms with Crippen molar-refractivity contribution < 1.29 is 14.6 Å². The van der Waals surface area contributed by atoms with Gasteiger partial charge in [0.15, 0.2) is 5.75 Å². The van der Waals surface area contributed by atoms with Gasteiger partial charge in [0.05, 0.1) is 14.2 Å². The molecule has 0 fully saturated rings. The van der Waals surface area contributed by atoms with Gasteiger partial charge in [-0.25, -0.2) is 0 Å². The molecule has 0 aliphatic carbocycles. The van der Waals surface area contributed by atoms with Crippen molar-refractivity contribution in [1.82, 2.24) is 0 Å². The molecule has 0 spiro atoms. The highest BCUT2D eigenvalue weighted by Gasteiger charge is 2.11. The number of rotatable bonds is 2. The van der Waals surface area contributed by atoms with Crippen LogP contribution in [0.5, 0.6) is 17.2 Å². The van der Waals surface area contributed by atoms with E-state index in [4.69, 9.17) is 21.1 Å². The molecule has 1 rings (SSSR count). The third-order valence-corrected chi connectivity index (χ3v) is 1.85. The van der Waals surface area contributed by atoms with Crippen LogP contribution in [-0.4, -0.2) is 19.3 Å². The number of halogens is 1. The van der Waals surface area contributed by atoms with E-state index in [1.165, 1.54) is 20.3 Å². The van der Waals surface area contributed by atoms with Gasteiger partial charge in [0.25, 0.3) is 0 Å². The van der Waals surface area contributed by atoms with Crippen molar-refractivity contribution in [2.45, 2.75) is 0 Å². The summed E-state index contributed by atoms with van der Waals surface area (Å²) in [4.78, 5) is 11.2. The summed E-state index contributed by atoms with van der Waals surface area (Å²) in [7, 11) is 2.71. The summed E-state index contributed by atoms with van der Waals surface area (Å²) in [6, 6.07) is 2.48. The lowest BCUT2D eigenvalue weighted by atomic mass is 10.4. The fourth-order valence-electron chi connectivity index (χ4n) is 1.00. The lowest BCUT2D eigenvalue weighted by Gasteiger charge is -2.03. The zero-order chi connectivity index (χ0) is 10.7. The summed E-state index contributed by atoms with van der Waals surface area (Å²) >= 11 is 5.67. The van der Waals surface area contributed by atoms with Gasteiger partial charge in [-0.05, 0) is 0 Å². The van der Waals surface area contributed by atoms with E-state index in [1.54, 1.807) is 0 Å². The largest absolute Gasteiger partial charge is 0.501 e. The van der Waals surface area contributed by atoms with Gasteiger partial charge in [-0.3, -0.25) is 4.79 Å². The third-order valence-electron chi connectivity index (χ3n) is 1.63. The number of methoxy groups -OCH3 is 2. The predicted octanol–water partition coefficient (Wildman–Crippen LogP) is 1.42. The maximum atomic E-state index is 11.2. The Balaban J connectivity index is 3.62. The highest BCUT2D eigenvalue weighted by Crippen LogP contribution is 2.33. The summed E-state index contributed by atoms with van der Waals surface area (Å²) in [5.41, 5.74) is -0.616. The Morgan fingerprint density at radius 1 is 1.29 bits per heavy atom. The van der Waals surface area contributed by atoms with Crippen LogP contribution in [0, 0.1) is 0 Å². The molecule has 4 nitrogen and oxygen atoms in total. The molecule has 0 aliphatic heterocycles. The first-order chi connectivity index (χ1) is 6.60. The summed E-state index contributed by atoms with van der Waals surface area (Å²) in [5, 5.41) is 9.59. The average Bonchev–Trinajstić information content (AvgIpc) is 2.25. The summed E-state index contributed by atoms with van der Waals surface area (Å²) in [5.74, 6) is -0.335. The molecule has 0 amide bonds. The molecule has 0 bridgehead atoms. The van der Waals surface area contributed by atoms with Gasteiger partial charge in [-0.1, -0.05) is 11.6 Å². The Morgan fingerprint density at radius 2 is 1.93 bits per heavy atom. The fourth-order valence-corrected chi connectivity index (χ4v) is 1.20. The Morgan fingerprint density at radius 3 is 2.43 bits per heavy atom. The van der Waals surface area contributed by atoms with Crippen LogP contribution >= 0.6 is 11.6 Å². The third kappa shape index (κ3) is 1.90. The second-order valence-electron chi connectivity index (χ2n) is 2.49. The molecule has 76 valence electrons. The Bertz CT molecular complexity index is 403. The van der Waals surface area contributed by atoms with Crippen molar-refractivity contribution in [3.63, 3.8) is 0 Å². The summed E-state index contributed by atoms with van der Waals surface area (Å²) in [6.07, 6.45) is 0.